The van der Waals surface area contributed by atoms with Crippen molar-refractivity contribution < 1.29 is 14.7 Å². The van der Waals surface area contributed by atoms with Crippen molar-refractivity contribution in [2.45, 2.75) is 40.0 Å². The summed E-state index contributed by atoms with van der Waals surface area (Å²) in [5.74, 6) is -1.05. The van der Waals surface area contributed by atoms with Gasteiger partial charge in [0.15, 0.2) is 0 Å². The molecule has 0 aliphatic heterocycles. The summed E-state index contributed by atoms with van der Waals surface area (Å²) in [4.78, 5) is 24.6. The molecule has 0 heterocycles. The van der Waals surface area contributed by atoms with E-state index in [1.54, 1.807) is 6.92 Å². The minimum Gasteiger partial charge on any atom is -0.480 e. The third kappa shape index (κ3) is 5.58. The monoisotopic (exact) mass is 291 g/mol. The molecule has 0 atom stereocenters. The Morgan fingerprint density at radius 3 is 2.33 bits per heavy atom. The van der Waals surface area contributed by atoms with E-state index in [0.29, 0.717) is 6.54 Å². The zero-order valence-electron chi connectivity index (χ0n) is 13.1. The third-order valence-electron chi connectivity index (χ3n) is 3.68. The molecule has 4 heteroatoms. The van der Waals surface area contributed by atoms with Gasteiger partial charge in [-0.1, -0.05) is 44.2 Å². The molecule has 0 spiro atoms. The van der Waals surface area contributed by atoms with Crippen LogP contribution in [0.3, 0.4) is 0 Å². The summed E-state index contributed by atoms with van der Waals surface area (Å²) >= 11 is 0. The first-order valence-corrected chi connectivity index (χ1v) is 7.42. The molecular formula is C17H25NO3. The molecule has 0 bridgehead atoms. The van der Waals surface area contributed by atoms with Crippen molar-refractivity contribution in [2.24, 2.45) is 5.41 Å². The van der Waals surface area contributed by atoms with Gasteiger partial charge in [0.25, 0.3) is 0 Å². The van der Waals surface area contributed by atoms with Crippen molar-refractivity contribution in [3.63, 3.8) is 0 Å². The van der Waals surface area contributed by atoms with Crippen LogP contribution in [-0.4, -0.2) is 35.0 Å². The van der Waals surface area contributed by atoms with Crippen molar-refractivity contribution >= 4 is 11.9 Å². The van der Waals surface area contributed by atoms with Gasteiger partial charge in [-0.3, -0.25) is 9.59 Å². The van der Waals surface area contributed by atoms with Crippen molar-refractivity contribution in [3.8, 4) is 0 Å². The maximum atomic E-state index is 12.4. The van der Waals surface area contributed by atoms with Crippen molar-refractivity contribution in [1.29, 1.82) is 0 Å². The quantitative estimate of drug-likeness (QED) is 0.801. The second-order valence-electron chi connectivity index (χ2n) is 5.94. The Labute approximate surface area is 126 Å². The van der Waals surface area contributed by atoms with Crippen LogP contribution >= 0.6 is 0 Å². The summed E-state index contributed by atoms with van der Waals surface area (Å²) < 4.78 is 0. The largest absolute Gasteiger partial charge is 0.480 e. The Morgan fingerprint density at radius 1 is 1.19 bits per heavy atom. The van der Waals surface area contributed by atoms with E-state index in [9.17, 15) is 9.59 Å². The fourth-order valence-electron chi connectivity index (χ4n) is 2.40. The van der Waals surface area contributed by atoms with Crippen LogP contribution in [0.4, 0.5) is 0 Å². The van der Waals surface area contributed by atoms with Crippen molar-refractivity contribution in [1.82, 2.24) is 4.90 Å². The fourth-order valence-corrected chi connectivity index (χ4v) is 2.40. The van der Waals surface area contributed by atoms with E-state index < -0.39 is 11.4 Å². The van der Waals surface area contributed by atoms with Gasteiger partial charge in [-0.05, 0) is 31.7 Å². The summed E-state index contributed by atoms with van der Waals surface area (Å²) in [6.07, 6.45) is 2.59. The Bertz CT molecular complexity index is 468. The van der Waals surface area contributed by atoms with Crippen LogP contribution in [-0.2, 0) is 16.0 Å². The van der Waals surface area contributed by atoms with E-state index in [1.807, 2.05) is 32.0 Å². The molecule has 1 N–H and O–H groups in total. The lowest BCUT2D eigenvalue weighted by Crippen LogP contribution is -2.43. The summed E-state index contributed by atoms with van der Waals surface area (Å²) in [6.45, 7) is 5.79. The Balaban J connectivity index is 2.54. The van der Waals surface area contributed by atoms with Crippen molar-refractivity contribution in [2.75, 3.05) is 13.1 Å². The highest BCUT2D eigenvalue weighted by molar-refractivity contribution is 5.85. The third-order valence-corrected chi connectivity index (χ3v) is 3.68. The highest BCUT2D eigenvalue weighted by atomic mass is 16.4. The smallest absolute Gasteiger partial charge is 0.323 e. The molecule has 0 aliphatic carbocycles. The second kappa shape index (κ2) is 7.81. The van der Waals surface area contributed by atoms with Crippen LogP contribution in [0, 0.1) is 5.41 Å². The molecular weight excluding hydrogens is 266 g/mol. The minimum absolute atomic E-state index is 0.0829. The predicted octanol–water partition coefficient (Wildman–Crippen LogP) is 2.97. The van der Waals surface area contributed by atoms with Gasteiger partial charge in [0.05, 0.1) is 0 Å². The van der Waals surface area contributed by atoms with Crippen LogP contribution in [0.15, 0.2) is 30.3 Å². The summed E-state index contributed by atoms with van der Waals surface area (Å²) in [6, 6.07) is 10.2. The number of aliphatic carboxylic acids is 1. The maximum absolute atomic E-state index is 12.4. The number of rotatable bonds is 8. The zero-order valence-corrected chi connectivity index (χ0v) is 13.1. The summed E-state index contributed by atoms with van der Waals surface area (Å²) in [5, 5.41) is 8.86. The molecule has 0 radical (unpaired) electrons. The van der Waals surface area contributed by atoms with Gasteiger partial charge in [-0.25, -0.2) is 0 Å². The van der Waals surface area contributed by atoms with E-state index in [2.05, 4.69) is 12.1 Å². The predicted molar refractivity (Wildman–Crippen MR) is 83.1 cm³/mol. The molecule has 0 unspecified atom stereocenters. The van der Waals surface area contributed by atoms with Crippen LogP contribution in [0.1, 0.15) is 39.2 Å². The maximum Gasteiger partial charge on any atom is 0.323 e. The second-order valence-corrected chi connectivity index (χ2v) is 5.94. The number of carboxylic acids is 1. The Hall–Kier alpha value is -1.84. The number of likely N-dealkylation sites (N-methyl/N-ethyl adjacent to an activating group) is 1. The first kappa shape index (κ1) is 17.2. The Kier molecular flexibility index (Phi) is 6.40. The number of amides is 1. The lowest BCUT2D eigenvalue weighted by atomic mass is 9.85. The van der Waals surface area contributed by atoms with Gasteiger partial charge in [-0.15, -0.1) is 0 Å². The van der Waals surface area contributed by atoms with Gasteiger partial charge in [0, 0.05) is 12.0 Å². The normalized spacial score (nSPS) is 11.2. The lowest BCUT2D eigenvalue weighted by Gasteiger charge is -2.30. The van der Waals surface area contributed by atoms with E-state index in [0.717, 1.165) is 19.3 Å². The van der Waals surface area contributed by atoms with Crippen LogP contribution < -0.4 is 0 Å². The topological polar surface area (TPSA) is 57.6 Å². The molecule has 1 amide bonds. The Morgan fingerprint density at radius 2 is 1.81 bits per heavy atom. The van der Waals surface area contributed by atoms with Crippen LogP contribution in [0.25, 0.3) is 0 Å². The molecule has 116 valence electrons. The van der Waals surface area contributed by atoms with E-state index >= 15 is 0 Å². The molecule has 0 aromatic heterocycles. The average molecular weight is 291 g/mol. The first-order valence-electron chi connectivity index (χ1n) is 7.42. The fraction of sp³-hybridized carbons (Fsp3) is 0.529. The minimum atomic E-state index is -0.967. The number of nitrogens with zero attached hydrogens (tertiary/aromatic N) is 1. The highest BCUT2D eigenvalue weighted by Gasteiger charge is 2.31. The van der Waals surface area contributed by atoms with Crippen LogP contribution in [0.5, 0.6) is 0 Å². The van der Waals surface area contributed by atoms with Crippen LogP contribution in [0.2, 0.25) is 0 Å². The molecule has 0 fully saturated rings. The summed E-state index contributed by atoms with van der Waals surface area (Å²) in [5.41, 5.74) is 0.735. The first-order chi connectivity index (χ1) is 9.86. The molecule has 1 aromatic carbocycles. The number of hydrogen-bond donors (Lipinski definition) is 1. The van der Waals surface area contributed by atoms with Gasteiger partial charge in [0.2, 0.25) is 5.91 Å². The molecule has 4 nitrogen and oxygen atoms in total. The van der Waals surface area contributed by atoms with Gasteiger partial charge >= 0.3 is 5.97 Å². The number of carbonyl (C=O) groups is 2. The summed E-state index contributed by atoms with van der Waals surface area (Å²) in [7, 11) is 0. The molecule has 0 saturated carbocycles. The molecule has 21 heavy (non-hydrogen) atoms. The lowest BCUT2D eigenvalue weighted by molar-refractivity contribution is -0.148. The standard InChI is InChI=1S/C17H25NO3/c1-4-18(13-15(19)20)16(21)17(2,3)12-8-11-14-9-6-5-7-10-14/h5-7,9-10H,4,8,11-13H2,1-3H3,(H,19,20). The number of carbonyl (C=O) groups excluding carboxylic acids is 1. The molecule has 1 aromatic rings. The number of aryl methyl sites for hydroxylation is 1. The number of benzene rings is 1. The zero-order chi connectivity index (χ0) is 15.9. The van der Waals surface area contributed by atoms with E-state index in [-0.39, 0.29) is 12.5 Å². The number of carboxylic acid groups (broad SMARTS) is 1. The number of hydrogen-bond acceptors (Lipinski definition) is 2. The molecule has 0 aliphatic rings. The molecule has 1 rings (SSSR count). The molecule has 0 saturated heterocycles. The van der Waals surface area contributed by atoms with Crippen molar-refractivity contribution in [3.05, 3.63) is 35.9 Å². The average Bonchev–Trinajstić information content (AvgIpc) is 2.44. The van der Waals surface area contributed by atoms with E-state index in [4.69, 9.17) is 5.11 Å². The van der Waals surface area contributed by atoms with Gasteiger partial charge < -0.3 is 10.0 Å². The SMILES string of the molecule is CCN(CC(=O)O)C(=O)C(C)(C)CCCc1ccccc1. The highest BCUT2D eigenvalue weighted by Crippen LogP contribution is 2.26. The van der Waals surface area contributed by atoms with E-state index in [1.165, 1.54) is 10.5 Å². The van der Waals surface area contributed by atoms with Gasteiger partial charge in [0.1, 0.15) is 6.54 Å². The van der Waals surface area contributed by atoms with Gasteiger partial charge in [-0.2, -0.15) is 0 Å².